The van der Waals surface area contributed by atoms with Gasteiger partial charge in [0, 0.05) is 10.6 Å². The Labute approximate surface area is 116 Å². The molecular weight excluding hydrogens is 246 g/mol. The Morgan fingerprint density at radius 2 is 1.94 bits per heavy atom. The van der Waals surface area contributed by atoms with Crippen LogP contribution in [-0.2, 0) is 0 Å². The Morgan fingerprint density at radius 1 is 1.22 bits per heavy atom. The van der Waals surface area contributed by atoms with Gasteiger partial charge in [0.1, 0.15) is 5.75 Å². The first-order chi connectivity index (χ1) is 8.38. The number of ether oxygens (including phenoxy) is 1. The molecule has 0 aliphatic carbocycles. The van der Waals surface area contributed by atoms with Crippen LogP contribution < -0.4 is 10.1 Å². The number of benzene rings is 1. The van der Waals surface area contributed by atoms with E-state index in [2.05, 4.69) is 26.1 Å². The van der Waals surface area contributed by atoms with Crippen molar-refractivity contribution in [2.45, 2.75) is 46.1 Å². The lowest BCUT2D eigenvalue weighted by Crippen LogP contribution is -2.36. The molecule has 0 aliphatic rings. The standard InChI is InChI=1S/C15H24ClNO/c1-12-7-8-13(16)11-14(12)18-10-6-5-9-17-15(2,3)4/h7-8,11,17H,5-6,9-10H2,1-4H3. The molecule has 0 aromatic heterocycles. The molecule has 0 atom stereocenters. The van der Waals surface area contributed by atoms with E-state index >= 15 is 0 Å². The van der Waals surface area contributed by atoms with Gasteiger partial charge in [-0.2, -0.15) is 0 Å². The molecule has 0 fully saturated rings. The summed E-state index contributed by atoms with van der Waals surface area (Å²) in [6, 6.07) is 5.75. The van der Waals surface area contributed by atoms with E-state index in [1.54, 1.807) is 0 Å². The second-order valence-corrected chi connectivity index (χ2v) is 6.08. The smallest absolute Gasteiger partial charge is 0.123 e. The number of aryl methyl sites for hydroxylation is 1. The molecule has 0 saturated heterocycles. The maximum atomic E-state index is 5.94. The van der Waals surface area contributed by atoms with Crippen molar-refractivity contribution >= 4 is 11.6 Å². The van der Waals surface area contributed by atoms with E-state index in [9.17, 15) is 0 Å². The molecule has 2 nitrogen and oxygen atoms in total. The third-order valence-corrected chi connectivity index (χ3v) is 2.87. The van der Waals surface area contributed by atoms with Crippen molar-refractivity contribution in [2.24, 2.45) is 0 Å². The molecule has 1 N–H and O–H groups in total. The Bertz CT molecular complexity index is 371. The van der Waals surface area contributed by atoms with Crippen LogP contribution in [0.5, 0.6) is 5.75 Å². The van der Waals surface area contributed by atoms with E-state index in [0.717, 1.165) is 42.3 Å². The van der Waals surface area contributed by atoms with Gasteiger partial charge in [0.2, 0.25) is 0 Å². The SMILES string of the molecule is Cc1ccc(Cl)cc1OCCCCNC(C)(C)C. The molecule has 102 valence electrons. The number of hydrogen-bond acceptors (Lipinski definition) is 2. The predicted octanol–water partition coefficient (Wildman–Crippen LogP) is 4.20. The summed E-state index contributed by atoms with van der Waals surface area (Å²) in [7, 11) is 0. The maximum Gasteiger partial charge on any atom is 0.123 e. The first-order valence-electron chi connectivity index (χ1n) is 6.52. The molecule has 0 amide bonds. The summed E-state index contributed by atoms with van der Waals surface area (Å²) >= 11 is 5.94. The lowest BCUT2D eigenvalue weighted by atomic mass is 10.1. The zero-order valence-corrected chi connectivity index (χ0v) is 12.6. The molecule has 1 aromatic carbocycles. The highest BCUT2D eigenvalue weighted by atomic mass is 35.5. The number of hydrogen-bond donors (Lipinski definition) is 1. The number of nitrogens with one attached hydrogen (secondary N) is 1. The minimum absolute atomic E-state index is 0.199. The quantitative estimate of drug-likeness (QED) is 0.782. The third-order valence-electron chi connectivity index (χ3n) is 2.63. The highest BCUT2D eigenvalue weighted by Gasteiger charge is 2.07. The fraction of sp³-hybridized carbons (Fsp3) is 0.600. The van der Waals surface area contributed by atoms with Crippen molar-refractivity contribution < 1.29 is 4.74 Å². The lowest BCUT2D eigenvalue weighted by molar-refractivity contribution is 0.299. The first kappa shape index (κ1) is 15.3. The van der Waals surface area contributed by atoms with Crippen LogP contribution in [0.15, 0.2) is 18.2 Å². The minimum Gasteiger partial charge on any atom is -0.493 e. The monoisotopic (exact) mass is 269 g/mol. The van der Waals surface area contributed by atoms with Crippen LogP contribution in [0.3, 0.4) is 0 Å². The van der Waals surface area contributed by atoms with E-state index < -0.39 is 0 Å². The van der Waals surface area contributed by atoms with E-state index in [4.69, 9.17) is 16.3 Å². The molecule has 0 heterocycles. The topological polar surface area (TPSA) is 21.3 Å². The summed E-state index contributed by atoms with van der Waals surface area (Å²) in [5.74, 6) is 0.895. The van der Waals surface area contributed by atoms with Gasteiger partial charge in [-0.1, -0.05) is 17.7 Å². The van der Waals surface area contributed by atoms with Crippen molar-refractivity contribution in [3.8, 4) is 5.75 Å². The summed E-state index contributed by atoms with van der Waals surface area (Å²) in [6.07, 6.45) is 2.17. The molecule has 0 saturated carbocycles. The van der Waals surface area contributed by atoms with Gasteiger partial charge in [-0.3, -0.25) is 0 Å². The van der Waals surface area contributed by atoms with Gasteiger partial charge < -0.3 is 10.1 Å². The van der Waals surface area contributed by atoms with Crippen LogP contribution in [-0.4, -0.2) is 18.7 Å². The molecule has 0 radical (unpaired) electrons. The number of rotatable bonds is 6. The van der Waals surface area contributed by atoms with Crippen molar-refractivity contribution in [1.82, 2.24) is 5.32 Å². The molecule has 0 bridgehead atoms. The predicted molar refractivity (Wildman–Crippen MR) is 78.7 cm³/mol. The molecule has 1 aromatic rings. The Kier molecular flexibility index (Phi) is 5.97. The van der Waals surface area contributed by atoms with Gasteiger partial charge in [-0.25, -0.2) is 0 Å². The molecule has 1 rings (SSSR count). The number of halogens is 1. The summed E-state index contributed by atoms with van der Waals surface area (Å²) in [5.41, 5.74) is 1.33. The molecule has 0 unspecified atom stereocenters. The normalized spacial score (nSPS) is 11.6. The Morgan fingerprint density at radius 3 is 2.61 bits per heavy atom. The van der Waals surface area contributed by atoms with Crippen molar-refractivity contribution in [2.75, 3.05) is 13.2 Å². The average Bonchev–Trinajstić information content (AvgIpc) is 2.26. The summed E-state index contributed by atoms with van der Waals surface area (Å²) in [4.78, 5) is 0. The van der Waals surface area contributed by atoms with Crippen molar-refractivity contribution in [1.29, 1.82) is 0 Å². The van der Waals surface area contributed by atoms with Crippen LogP contribution in [0, 0.1) is 6.92 Å². The number of unbranched alkanes of at least 4 members (excludes halogenated alkanes) is 1. The van der Waals surface area contributed by atoms with Crippen LogP contribution in [0.25, 0.3) is 0 Å². The highest BCUT2D eigenvalue weighted by molar-refractivity contribution is 6.30. The third kappa shape index (κ3) is 6.27. The van der Waals surface area contributed by atoms with Crippen LogP contribution in [0.2, 0.25) is 5.02 Å². The van der Waals surface area contributed by atoms with E-state index in [1.807, 2.05) is 25.1 Å². The van der Waals surface area contributed by atoms with Crippen molar-refractivity contribution in [3.63, 3.8) is 0 Å². The average molecular weight is 270 g/mol. The van der Waals surface area contributed by atoms with Gasteiger partial charge in [0.25, 0.3) is 0 Å². The largest absolute Gasteiger partial charge is 0.493 e. The Hall–Kier alpha value is -0.730. The van der Waals surface area contributed by atoms with E-state index in [0.29, 0.717) is 0 Å². The molecule has 18 heavy (non-hydrogen) atoms. The summed E-state index contributed by atoms with van der Waals surface area (Å²) in [6.45, 7) is 10.3. The van der Waals surface area contributed by atoms with Gasteiger partial charge >= 0.3 is 0 Å². The molecule has 3 heteroatoms. The first-order valence-corrected chi connectivity index (χ1v) is 6.90. The van der Waals surface area contributed by atoms with Crippen molar-refractivity contribution in [3.05, 3.63) is 28.8 Å². The van der Waals surface area contributed by atoms with Gasteiger partial charge in [0.05, 0.1) is 6.61 Å². The molecule has 0 aliphatic heterocycles. The highest BCUT2D eigenvalue weighted by Crippen LogP contribution is 2.22. The van der Waals surface area contributed by atoms with Crippen LogP contribution in [0.4, 0.5) is 0 Å². The van der Waals surface area contributed by atoms with E-state index in [1.165, 1.54) is 0 Å². The van der Waals surface area contributed by atoms with Crippen LogP contribution in [0.1, 0.15) is 39.2 Å². The lowest BCUT2D eigenvalue weighted by Gasteiger charge is -2.20. The zero-order valence-electron chi connectivity index (χ0n) is 11.8. The van der Waals surface area contributed by atoms with Crippen LogP contribution >= 0.6 is 11.6 Å². The Balaban J connectivity index is 2.20. The minimum atomic E-state index is 0.199. The van der Waals surface area contributed by atoms with Gasteiger partial charge in [-0.05, 0) is 64.8 Å². The second kappa shape index (κ2) is 7.01. The maximum absolute atomic E-state index is 5.94. The molecular formula is C15H24ClNO. The summed E-state index contributed by atoms with van der Waals surface area (Å²) in [5, 5.41) is 4.19. The fourth-order valence-electron chi connectivity index (χ4n) is 1.60. The zero-order chi connectivity index (χ0) is 13.6. The fourth-order valence-corrected chi connectivity index (χ4v) is 1.76. The summed E-state index contributed by atoms with van der Waals surface area (Å²) < 4.78 is 5.74. The van der Waals surface area contributed by atoms with Gasteiger partial charge in [0.15, 0.2) is 0 Å². The molecule has 0 spiro atoms. The van der Waals surface area contributed by atoms with Gasteiger partial charge in [-0.15, -0.1) is 0 Å². The second-order valence-electron chi connectivity index (χ2n) is 5.64. The van der Waals surface area contributed by atoms with E-state index in [-0.39, 0.29) is 5.54 Å².